The van der Waals surface area contributed by atoms with Gasteiger partial charge in [-0.3, -0.25) is 19.3 Å². The highest BCUT2D eigenvalue weighted by molar-refractivity contribution is 6.22. The number of hydrogen-bond acceptors (Lipinski definition) is 6. The van der Waals surface area contributed by atoms with E-state index in [-0.39, 0.29) is 41.3 Å². The first-order chi connectivity index (χ1) is 21.9. The van der Waals surface area contributed by atoms with E-state index in [1.165, 1.54) is 4.90 Å². The number of benzene rings is 3. The number of carbonyl (C=O) groups excluding carboxylic acids is 4. The average molecular weight is 597 g/mol. The van der Waals surface area contributed by atoms with Crippen LogP contribution in [-0.4, -0.2) is 34.7 Å². The van der Waals surface area contributed by atoms with Crippen LogP contribution < -0.4 is 4.90 Å². The van der Waals surface area contributed by atoms with Crippen molar-refractivity contribution in [2.24, 2.45) is 35.5 Å². The Labute approximate surface area is 260 Å². The van der Waals surface area contributed by atoms with Crippen molar-refractivity contribution in [3.05, 3.63) is 108 Å². The standard InChI is InChI=1S/C38H32N2O5/c1-2-8-32(35(41)22-9-4-3-5-10-22)45-38(44)29-20-31(39-30-12-7-6-11-24(29)30)21-13-15-23(16-14-21)40-36(42)33-25-17-18-26(28-19-27(25)28)34(33)37(40)43/h3-7,9-18,20,25-28,32-34H,2,8,19H2,1H3. The average Bonchev–Trinajstić information content (AvgIpc) is 3.86. The number of imide groups is 1. The maximum atomic E-state index is 13.7. The Bertz CT molecular complexity index is 1860. The van der Waals surface area contributed by atoms with Crippen LogP contribution in [0.4, 0.5) is 5.69 Å². The van der Waals surface area contributed by atoms with Crippen LogP contribution in [0.15, 0.2) is 97.1 Å². The van der Waals surface area contributed by atoms with Crippen molar-refractivity contribution in [1.29, 1.82) is 0 Å². The van der Waals surface area contributed by atoms with Crippen molar-refractivity contribution in [3.63, 3.8) is 0 Å². The third kappa shape index (κ3) is 4.44. The maximum Gasteiger partial charge on any atom is 0.339 e. The molecule has 45 heavy (non-hydrogen) atoms. The number of hydrogen-bond donors (Lipinski definition) is 0. The highest BCUT2D eigenvalue weighted by Crippen LogP contribution is 2.65. The Morgan fingerprint density at radius 1 is 0.867 bits per heavy atom. The first-order valence-corrected chi connectivity index (χ1v) is 15.8. The number of amides is 2. The molecule has 224 valence electrons. The number of carbonyl (C=O) groups is 4. The topological polar surface area (TPSA) is 93.6 Å². The predicted molar refractivity (Wildman–Crippen MR) is 169 cm³/mol. The lowest BCUT2D eigenvalue weighted by Crippen LogP contribution is -2.40. The Morgan fingerprint density at radius 3 is 2.18 bits per heavy atom. The summed E-state index contributed by atoms with van der Waals surface area (Å²) < 4.78 is 5.88. The van der Waals surface area contributed by atoms with Gasteiger partial charge < -0.3 is 4.74 Å². The van der Waals surface area contributed by atoms with E-state index in [2.05, 4.69) is 12.2 Å². The summed E-state index contributed by atoms with van der Waals surface area (Å²) in [4.78, 5) is 60.3. The van der Waals surface area contributed by atoms with Gasteiger partial charge in [-0.25, -0.2) is 9.78 Å². The van der Waals surface area contributed by atoms with Crippen LogP contribution in [0.5, 0.6) is 0 Å². The number of allylic oxidation sites excluding steroid dienone is 2. The summed E-state index contributed by atoms with van der Waals surface area (Å²) in [5.74, 6) is -0.0723. The monoisotopic (exact) mass is 596 g/mol. The number of Topliss-reactive ketones (excluding diaryl/α,β-unsaturated/α-hetero) is 1. The summed E-state index contributed by atoms with van der Waals surface area (Å²) in [7, 11) is 0. The molecule has 2 saturated carbocycles. The van der Waals surface area contributed by atoms with E-state index < -0.39 is 12.1 Å². The van der Waals surface area contributed by atoms with E-state index >= 15 is 0 Å². The summed E-state index contributed by atoms with van der Waals surface area (Å²) in [6.07, 6.45) is 5.65. The molecule has 5 aliphatic rings. The van der Waals surface area contributed by atoms with Gasteiger partial charge in [0.1, 0.15) is 0 Å². The molecule has 1 aromatic heterocycles. The van der Waals surface area contributed by atoms with Gasteiger partial charge in [-0.15, -0.1) is 0 Å². The van der Waals surface area contributed by atoms with Crippen LogP contribution >= 0.6 is 0 Å². The number of fused-ring (bicyclic) bond motifs is 1. The molecule has 7 atom stereocenters. The van der Waals surface area contributed by atoms with E-state index in [0.29, 0.717) is 58.1 Å². The molecular weight excluding hydrogens is 564 g/mol. The molecular formula is C38H32N2O5. The summed E-state index contributed by atoms with van der Waals surface area (Å²) in [6.45, 7) is 1.95. The number of anilines is 1. The van der Waals surface area contributed by atoms with Crippen LogP contribution in [0.2, 0.25) is 0 Å². The lowest BCUT2D eigenvalue weighted by Gasteiger charge is -2.37. The highest BCUT2D eigenvalue weighted by Gasteiger charge is 2.67. The number of nitrogens with zero attached hydrogens (tertiary/aromatic N) is 2. The molecule has 2 amide bonds. The van der Waals surface area contributed by atoms with Gasteiger partial charge in [0.15, 0.2) is 6.10 Å². The SMILES string of the molecule is CCCC(OC(=O)c1cc(-c2ccc(N3C(=O)C4C5C=CC(C6CC56)C4C3=O)cc2)nc2ccccc12)C(=O)c1ccccc1. The number of pyridine rings is 1. The van der Waals surface area contributed by atoms with E-state index in [4.69, 9.17) is 9.72 Å². The molecule has 7 unspecified atom stereocenters. The van der Waals surface area contributed by atoms with Crippen LogP contribution in [0.1, 0.15) is 46.9 Å². The molecule has 1 aliphatic heterocycles. The van der Waals surface area contributed by atoms with E-state index in [1.807, 2.05) is 49.4 Å². The fourth-order valence-electron chi connectivity index (χ4n) is 7.97. The molecule has 0 radical (unpaired) electrons. The zero-order chi connectivity index (χ0) is 30.8. The zero-order valence-corrected chi connectivity index (χ0v) is 24.8. The lowest BCUT2D eigenvalue weighted by molar-refractivity contribution is -0.124. The van der Waals surface area contributed by atoms with Gasteiger partial charge in [-0.1, -0.05) is 86.2 Å². The molecule has 9 rings (SSSR count). The van der Waals surface area contributed by atoms with Gasteiger partial charge in [-0.2, -0.15) is 0 Å². The minimum absolute atomic E-state index is 0.0944. The second kappa shape index (κ2) is 10.6. The van der Waals surface area contributed by atoms with Gasteiger partial charge in [0.25, 0.3) is 0 Å². The number of ether oxygens (including phenoxy) is 1. The molecule has 3 fully saturated rings. The maximum absolute atomic E-state index is 13.7. The van der Waals surface area contributed by atoms with E-state index in [0.717, 1.165) is 12.0 Å². The zero-order valence-electron chi connectivity index (χ0n) is 24.8. The van der Waals surface area contributed by atoms with Crippen molar-refractivity contribution < 1.29 is 23.9 Å². The highest BCUT2D eigenvalue weighted by atomic mass is 16.5. The Hall–Kier alpha value is -4.91. The van der Waals surface area contributed by atoms with E-state index in [9.17, 15) is 19.2 Å². The molecule has 0 N–H and O–H groups in total. The molecule has 2 heterocycles. The summed E-state index contributed by atoms with van der Waals surface area (Å²) in [5, 5.41) is 0.627. The quantitative estimate of drug-likeness (QED) is 0.0977. The third-order valence-electron chi connectivity index (χ3n) is 10.2. The third-order valence-corrected chi connectivity index (χ3v) is 10.2. The van der Waals surface area contributed by atoms with Gasteiger partial charge in [0.05, 0.1) is 34.3 Å². The molecule has 2 bridgehead atoms. The van der Waals surface area contributed by atoms with Gasteiger partial charge in [-0.05, 0) is 60.8 Å². The van der Waals surface area contributed by atoms with Crippen molar-refractivity contribution >= 4 is 40.2 Å². The fourth-order valence-corrected chi connectivity index (χ4v) is 7.97. The first-order valence-electron chi connectivity index (χ1n) is 15.8. The summed E-state index contributed by atoms with van der Waals surface area (Å²) >= 11 is 0. The number of rotatable bonds is 8. The number of aromatic nitrogens is 1. The molecule has 1 saturated heterocycles. The van der Waals surface area contributed by atoms with Crippen LogP contribution in [0.25, 0.3) is 22.2 Å². The minimum Gasteiger partial charge on any atom is -0.450 e. The predicted octanol–water partition coefficient (Wildman–Crippen LogP) is 6.67. The van der Waals surface area contributed by atoms with Crippen LogP contribution in [0.3, 0.4) is 0 Å². The Morgan fingerprint density at radius 2 is 1.51 bits per heavy atom. The van der Waals surface area contributed by atoms with E-state index in [1.54, 1.807) is 42.5 Å². The Kier molecular flexibility index (Phi) is 6.52. The first kappa shape index (κ1) is 27.6. The van der Waals surface area contributed by atoms with Crippen molar-refractivity contribution in [2.45, 2.75) is 32.3 Å². The summed E-state index contributed by atoms with van der Waals surface area (Å²) in [5.41, 5.74) is 3.25. The molecule has 7 nitrogen and oxygen atoms in total. The molecule has 4 aromatic rings. The van der Waals surface area contributed by atoms with Crippen molar-refractivity contribution in [3.8, 4) is 11.3 Å². The lowest BCUT2D eigenvalue weighted by atomic mass is 9.63. The molecule has 4 aliphatic carbocycles. The fraction of sp³-hybridized carbons (Fsp3) is 0.289. The van der Waals surface area contributed by atoms with Gasteiger partial charge >= 0.3 is 5.97 Å². The normalized spacial score (nSPS) is 26.5. The molecule has 7 heteroatoms. The second-order valence-electron chi connectivity index (χ2n) is 12.7. The van der Waals surface area contributed by atoms with Crippen LogP contribution in [0, 0.1) is 35.5 Å². The Balaban J connectivity index is 1.08. The molecule has 3 aromatic carbocycles. The smallest absolute Gasteiger partial charge is 0.339 e. The molecule has 0 spiro atoms. The minimum atomic E-state index is -0.907. The summed E-state index contributed by atoms with van der Waals surface area (Å²) in [6, 6.07) is 25.1. The van der Waals surface area contributed by atoms with Crippen LogP contribution in [-0.2, 0) is 14.3 Å². The van der Waals surface area contributed by atoms with Crippen molar-refractivity contribution in [1.82, 2.24) is 4.98 Å². The number of para-hydroxylation sites is 1. The van der Waals surface area contributed by atoms with Gasteiger partial charge in [0.2, 0.25) is 17.6 Å². The number of ketones is 1. The second-order valence-corrected chi connectivity index (χ2v) is 12.7. The van der Waals surface area contributed by atoms with Gasteiger partial charge in [0, 0.05) is 16.5 Å². The largest absolute Gasteiger partial charge is 0.450 e. The number of esters is 1. The van der Waals surface area contributed by atoms with Crippen molar-refractivity contribution in [2.75, 3.05) is 4.90 Å².